The standard InChI is InChI=1S/C15H21N3O/c1-4-7-11(2)10-16-14-9-6-5-8-13(14)15-17-12(3)18-19-15/h5-6,8-9,11,16H,4,7,10H2,1-3H3. The van der Waals surface area contributed by atoms with Gasteiger partial charge < -0.3 is 9.84 Å². The van der Waals surface area contributed by atoms with Crippen LogP contribution in [0.4, 0.5) is 5.69 Å². The molecule has 2 aromatic rings. The Morgan fingerprint density at radius 3 is 2.79 bits per heavy atom. The summed E-state index contributed by atoms with van der Waals surface area (Å²) in [5.41, 5.74) is 2.01. The maximum absolute atomic E-state index is 5.24. The van der Waals surface area contributed by atoms with Gasteiger partial charge in [0.2, 0.25) is 0 Å². The third-order valence-electron chi connectivity index (χ3n) is 3.11. The monoisotopic (exact) mass is 259 g/mol. The summed E-state index contributed by atoms with van der Waals surface area (Å²) in [5, 5.41) is 7.32. The number of para-hydroxylation sites is 1. The van der Waals surface area contributed by atoms with Crippen molar-refractivity contribution in [1.29, 1.82) is 0 Å². The van der Waals surface area contributed by atoms with E-state index < -0.39 is 0 Å². The molecule has 1 aromatic heterocycles. The van der Waals surface area contributed by atoms with Crippen LogP contribution in [-0.4, -0.2) is 16.7 Å². The minimum Gasteiger partial charge on any atom is -0.384 e. The predicted molar refractivity (Wildman–Crippen MR) is 77.0 cm³/mol. The Kier molecular flexibility index (Phi) is 4.55. The Balaban J connectivity index is 2.13. The van der Waals surface area contributed by atoms with Crippen LogP contribution in [0.15, 0.2) is 28.8 Å². The smallest absolute Gasteiger partial charge is 0.260 e. The van der Waals surface area contributed by atoms with Crippen molar-refractivity contribution in [3.8, 4) is 11.5 Å². The summed E-state index contributed by atoms with van der Waals surface area (Å²) in [4.78, 5) is 4.29. The average molecular weight is 259 g/mol. The highest BCUT2D eigenvalue weighted by Crippen LogP contribution is 2.26. The molecule has 1 heterocycles. The van der Waals surface area contributed by atoms with Crippen molar-refractivity contribution < 1.29 is 4.52 Å². The van der Waals surface area contributed by atoms with Crippen LogP contribution < -0.4 is 5.32 Å². The van der Waals surface area contributed by atoms with Crippen LogP contribution in [0.2, 0.25) is 0 Å². The van der Waals surface area contributed by atoms with Gasteiger partial charge in [-0.1, -0.05) is 37.6 Å². The fourth-order valence-electron chi connectivity index (χ4n) is 2.11. The van der Waals surface area contributed by atoms with Crippen LogP contribution in [-0.2, 0) is 0 Å². The summed E-state index contributed by atoms with van der Waals surface area (Å²) >= 11 is 0. The van der Waals surface area contributed by atoms with Gasteiger partial charge in [0.15, 0.2) is 5.82 Å². The van der Waals surface area contributed by atoms with Crippen molar-refractivity contribution in [2.75, 3.05) is 11.9 Å². The molecule has 102 valence electrons. The van der Waals surface area contributed by atoms with Crippen molar-refractivity contribution in [2.45, 2.75) is 33.6 Å². The number of anilines is 1. The quantitative estimate of drug-likeness (QED) is 0.855. The fraction of sp³-hybridized carbons (Fsp3) is 0.467. The second-order valence-electron chi connectivity index (χ2n) is 4.97. The molecule has 0 saturated carbocycles. The molecule has 1 unspecified atom stereocenters. The molecule has 4 nitrogen and oxygen atoms in total. The van der Waals surface area contributed by atoms with Gasteiger partial charge in [-0.3, -0.25) is 0 Å². The minimum atomic E-state index is 0.573. The normalized spacial score (nSPS) is 12.4. The van der Waals surface area contributed by atoms with Crippen LogP contribution in [0.25, 0.3) is 11.5 Å². The molecule has 0 saturated heterocycles. The van der Waals surface area contributed by atoms with Crippen molar-refractivity contribution >= 4 is 5.69 Å². The van der Waals surface area contributed by atoms with Gasteiger partial charge in [0, 0.05) is 12.2 Å². The van der Waals surface area contributed by atoms with Crippen molar-refractivity contribution in [3.05, 3.63) is 30.1 Å². The van der Waals surface area contributed by atoms with E-state index in [9.17, 15) is 0 Å². The molecule has 2 rings (SSSR count). The number of aromatic nitrogens is 2. The lowest BCUT2D eigenvalue weighted by molar-refractivity contribution is 0.425. The zero-order valence-corrected chi connectivity index (χ0v) is 11.8. The second-order valence-corrected chi connectivity index (χ2v) is 4.97. The summed E-state index contributed by atoms with van der Waals surface area (Å²) in [7, 11) is 0. The lowest BCUT2D eigenvalue weighted by Crippen LogP contribution is -2.11. The van der Waals surface area contributed by atoms with Crippen molar-refractivity contribution in [3.63, 3.8) is 0 Å². The first kappa shape index (κ1) is 13.6. The molecule has 0 aliphatic rings. The van der Waals surface area contributed by atoms with Crippen LogP contribution in [0.1, 0.15) is 32.5 Å². The van der Waals surface area contributed by atoms with E-state index in [1.165, 1.54) is 12.8 Å². The van der Waals surface area contributed by atoms with Gasteiger partial charge in [0.1, 0.15) is 0 Å². The number of benzene rings is 1. The molecule has 0 aliphatic heterocycles. The van der Waals surface area contributed by atoms with Crippen LogP contribution >= 0.6 is 0 Å². The Bertz CT molecular complexity index is 522. The lowest BCUT2D eigenvalue weighted by Gasteiger charge is -2.14. The summed E-state index contributed by atoms with van der Waals surface area (Å²) in [5.74, 6) is 1.88. The summed E-state index contributed by atoms with van der Waals surface area (Å²) in [6.45, 7) is 7.26. The van der Waals surface area contributed by atoms with E-state index in [4.69, 9.17) is 4.52 Å². The van der Waals surface area contributed by atoms with Crippen LogP contribution in [0.5, 0.6) is 0 Å². The molecule has 0 amide bonds. The largest absolute Gasteiger partial charge is 0.384 e. The molecule has 0 radical (unpaired) electrons. The van der Waals surface area contributed by atoms with E-state index in [0.29, 0.717) is 17.6 Å². The summed E-state index contributed by atoms with van der Waals surface area (Å²) in [6, 6.07) is 8.04. The lowest BCUT2D eigenvalue weighted by atomic mass is 10.1. The number of hydrogen-bond donors (Lipinski definition) is 1. The minimum absolute atomic E-state index is 0.573. The van der Waals surface area contributed by atoms with Gasteiger partial charge in [-0.05, 0) is 31.4 Å². The second kappa shape index (κ2) is 6.36. The molecule has 0 aliphatic carbocycles. The topological polar surface area (TPSA) is 51.0 Å². The highest BCUT2D eigenvalue weighted by atomic mass is 16.5. The maximum Gasteiger partial charge on any atom is 0.260 e. The van der Waals surface area contributed by atoms with E-state index >= 15 is 0 Å². The zero-order chi connectivity index (χ0) is 13.7. The van der Waals surface area contributed by atoms with E-state index in [1.807, 2.05) is 31.2 Å². The summed E-state index contributed by atoms with van der Waals surface area (Å²) in [6.07, 6.45) is 2.45. The van der Waals surface area contributed by atoms with Gasteiger partial charge in [-0.2, -0.15) is 4.98 Å². The SMILES string of the molecule is CCCC(C)CNc1ccccc1-c1nc(C)no1. The molecule has 0 spiro atoms. The number of rotatable bonds is 6. The molecule has 1 aromatic carbocycles. The molecule has 0 bridgehead atoms. The van der Waals surface area contributed by atoms with Gasteiger partial charge >= 0.3 is 0 Å². The number of nitrogens with one attached hydrogen (secondary N) is 1. The van der Waals surface area contributed by atoms with Crippen LogP contribution in [0, 0.1) is 12.8 Å². The first-order valence-electron chi connectivity index (χ1n) is 6.84. The number of hydrogen-bond acceptors (Lipinski definition) is 4. The Morgan fingerprint density at radius 1 is 1.32 bits per heavy atom. The molecular weight excluding hydrogens is 238 g/mol. The van der Waals surface area contributed by atoms with E-state index in [-0.39, 0.29) is 0 Å². The first-order chi connectivity index (χ1) is 9.20. The molecule has 4 heteroatoms. The van der Waals surface area contributed by atoms with Crippen LogP contribution in [0.3, 0.4) is 0 Å². The highest BCUT2D eigenvalue weighted by Gasteiger charge is 2.11. The highest BCUT2D eigenvalue weighted by molar-refractivity contribution is 5.72. The van der Waals surface area contributed by atoms with Gasteiger partial charge in [-0.25, -0.2) is 0 Å². The van der Waals surface area contributed by atoms with Gasteiger partial charge in [0.05, 0.1) is 5.56 Å². The van der Waals surface area contributed by atoms with Gasteiger partial charge in [0.25, 0.3) is 5.89 Å². The average Bonchev–Trinajstić information content (AvgIpc) is 2.84. The number of aryl methyl sites for hydroxylation is 1. The zero-order valence-electron chi connectivity index (χ0n) is 11.8. The molecule has 1 atom stereocenters. The fourth-order valence-corrected chi connectivity index (χ4v) is 2.11. The Labute approximate surface area is 114 Å². The predicted octanol–water partition coefficient (Wildman–Crippen LogP) is 3.89. The number of nitrogens with zero attached hydrogens (tertiary/aromatic N) is 2. The Hall–Kier alpha value is -1.84. The van der Waals surface area contributed by atoms with E-state index in [1.54, 1.807) is 0 Å². The van der Waals surface area contributed by atoms with E-state index in [2.05, 4.69) is 29.3 Å². The molecule has 0 fully saturated rings. The van der Waals surface area contributed by atoms with Gasteiger partial charge in [-0.15, -0.1) is 0 Å². The summed E-state index contributed by atoms with van der Waals surface area (Å²) < 4.78 is 5.24. The Morgan fingerprint density at radius 2 is 2.11 bits per heavy atom. The maximum atomic E-state index is 5.24. The third kappa shape index (κ3) is 3.56. The molecule has 19 heavy (non-hydrogen) atoms. The molecule has 1 N–H and O–H groups in total. The van der Waals surface area contributed by atoms with Crippen molar-refractivity contribution in [1.82, 2.24) is 10.1 Å². The first-order valence-corrected chi connectivity index (χ1v) is 6.84. The third-order valence-corrected chi connectivity index (χ3v) is 3.11. The van der Waals surface area contributed by atoms with Crippen molar-refractivity contribution in [2.24, 2.45) is 5.92 Å². The van der Waals surface area contributed by atoms with E-state index in [0.717, 1.165) is 17.8 Å². The molecular formula is C15H21N3O.